The van der Waals surface area contributed by atoms with Crippen molar-refractivity contribution in [3.63, 3.8) is 0 Å². The van der Waals surface area contributed by atoms with Crippen molar-refractivity contribution in [1.82, 2.24) is 0 Å². The molecule has 0 saturated carbocycles. The van der Waals surface area contributed by atoms with E-state index in [1.165, 1.54) is 12.1 Å². The fourth-order valence-electron chi connectivity index (χ4n) is 1.44. The molecule has 0 aliphatic rings. The van der Waals surface area contributed by atoms with E-state index in [2.05, 4.69) is 0 Å². The molecule has 2 aromatic carbocycles. The molecule has 0 amide bonds. The lowest BCUT2D eigenvalue weighted by atomic mass is 10.0. The highest BCUT2D eigenvalue weighted by Crippen LogP contribution is 2.32. The molecule has 0 unspecified atom stereocenters. The normalized spacial score (nSPS) is 10.3. The van der Waals surface area contributed by atoms with E-state index < -0.39 is 0 Å². The average molecular weight is 222 g/mol. The fraction of sp³-hybridized carbons (Fsp3) is 0. The van der Waals surface area contributed by atoms with Crippen LogP contribution in [0.1, 0.15) is 0 Å². The highest BCUT2D eigenvalue weighted by molar-refractivity contribution is 6.33. The topological polar surface area (TPSA) is 26.0 Å². The number of rotatable bonds is 1. The zero-order valence-corrected chi connectivity index (χ0v) is 8.63. The lowest BCUT2D eigenvalue weighted by molar-refractivity contribution is 0.628. The van der Waals surface area contributed by atoms with Crippen LogP contribution < -0.4 is 5.73 Å². The monoisotopic (exact) mass is 221 g/mol. The number of nitrogen functional groups attached to an aromatic ring is 1. The minimum Gasteiger partial charge on any atom is -0.397 e. The van der Waals surface area contributed by atoms with Crippen LogP contribution in [0.4, 0.5) is 10.1 Å². The quantitative estimate of drug-likeness (QED) is 0.730. The maximum absolute atomic E-state index is 13.2. The second-order valence-corrected chi connectivity index (χ2v) is 3.62. The third-order valence-electron chi connectivity index (χ3n) is 2.18. The second kappa shape index (κ2) is 3.91. The van der Waals surface area contributed by atoms with Crippen LogP contribution in [0.5, 0.6) is 0 Å². The van der Waals surface area contributed by atoms with Crippen molar-refractivity contribution >= 4 is 17.3 Å². The summed E-state index contributed by atoms with van der Waals surface area (Å²) in [6.45, 7) is 0. The Morgan fingerprint density at radius 3 is 2.40 bits per heavy atom. The molecule has 0 bridgehead atoms. The van der Waals surface area contributed by atoms with Crippen LogP contribution in [0.25, 0.3) is 11.1 Å². The molecule has 2 rings (SSSR count). The van der Waals surface area contributed by atoms with Crippen LogP contribution in [-0.4, -0.2) is 0 Å². The maximum atomic E-state index is 13.2. The summed E-state index contributed by atoms with van der Waals surface area (Å²) < 4.78 is 13.2. The van der Waals surface area contributed by atoms with Gasteiger partial charge < -0.3 is 5.73 Å². The average Bonchev–Trinajstić information content (AvgIpc) is 2.24. The fourth-order valence-corrected chi connectivity index (χ4v) is 1.65. The van der Waals surface area contributed by atoms with E-state index in [-0.39, 0.29) is 10.8 Å². The second-order valence-electron chi connectivity index (χ2n) is 3.21. The van der Waals surface area contributed by atoms with E-state index in [0.717, 1.165) is 5.56 Å². The standard InChI is InChI=1S/C12H9ClFN/c13-11-7-9(14)6-10(12(11)15)8-4-2-1-3-5-8/h1-7H,15H2. The molecule has 2 N–H and O–H groups in total. The molecule has 1 nitrogen and oxygen atoms in total. The van der Waals surface area contributed by atoms with E-state index in [0.29, 0.717) is 11.3 Å². The zero-order valence-electron chi connectivity index (χ0n) is 7.87. The molecule has 0 aliphatic carbocycles. The van der Waals surface area contributed by atoms with Crippen molar-refractivity contribution in [2.75, 3.05) is 5.73 Å². The smallest absolute Gasteiger partial charge is 0.125 e. The van der Waals surface area contributed by atoms with E-state index in [1.54, 1.807) is 0 Å². The summed E-state index contributed by atoms with van der Waals surface area (Å²) >= 11 is 5.80. The molecule has 0 radical (unpaired) electrons. The lowest BCUT2D eigenvalue weighted by Gasteiger charge is -2.07. The Labute approximate surface area is 92.3 Å². The Morgan fingerprint density at radius 1 is 1.07 bits per heavy atom. The van der Waals surface area contributed by atoms with Crippen molar-refractivity contribution < 1.29 is 4.39 Å². The Balaban J connectivity index is 2.63. The molecule has 0 aromatic heterocycles. The predicted molar refractivity (Wildman–Crippen MR) is 61.3 cm³/mol. The van der Waals surface area contributed by atoms with Gasteiger partial charge in [-0.05, 0) is 17.7 Å². The molecule has 0 fully saturated rings. The molecule has 3 heteroatoms. The number of hydrogen-bond donors (Lipinski definition) is 1. The summed E-state index contributed by atoms with van der Waals surface area (Å²) in [6.07, 6.45) is 0. The number of benzene rings is 2. The molecule has 0 spiro atoms. The third kappa shape index (κ3) is 1.95. The van der Waals surface area contributed by atoms with E-state index in [1.807, 2.05) is 30.3 Å². The van der Waals surface area contributed by atoms with E-state index >= 15 is 0 Å². The molecular weight excluding hydrogens is 213 g/mol. The minimum atomic E-state index is -0.381. The van der Waals surface area contributed by atoms with Crippen LogP contribution >= 0.6 is 11.6 Å². The summed E-state index contributed by atoms with van der Waals surface area (Å²) in [6, 6.07) is 11.9. The molecule has 2 aromatic rings. The summed E-state index contributed by atoms with van der Waals surface area (Å²) in [5.41, 5.74) is 7.67. The van der Waals surface area contributed by atoms with Crippen LogP contribution in [-0.2, 0) is 0 Å². The largest absolute Gasteiger partial charge is 0.397 e. The van der Waals surface area contributed by atoms with Crippen LogP contribution in [0, 0.1) is 5.82 Å². The van der Waals surface area contributed by atoms with Crippen molar-refractivity contribution in [3.8, 4) is 11.1 Å². The van der Waals surface area contributed by atoms with Gasteiger partial charge in [0, 0.05) is 5.56 Å². The molecule has 0 atom stereocenters. The highest BCUT2D eigenvalue weighted by atomic mass is 35.5. The number of anilines is 1. The van der Waals surface area contributed by atoms with Gasteiger partial charge >= 0.3 is 0 Å². The Morgan fingerprint density at radius 2 is 1.73 bits per heavy atom. The number of halogens is 2. The molecule has 0 heterocycles. The van der Waals surface area contributed by atoms with Crippen molar-refractivity contribution in [2.45, 2.75) is 0 Å². The van der Waals surface area contributed by atoms with Crippen LogP contribution in [0.15, 0.2) is 42.5 Å². The van der Waals surface area contributed by atoms with Gasteiger partial charge in [-0.25, -0.2) is 4.39 Å². The predicted octanol–water partition coefficient (Wildman–Crippen LogP) is 3.73. The molecule has 0 aliphatic heterocycles. The summed E-state index contributed by atoms with van der Waals surface area (Å²) in [7, 11) is 0. The van der Waals surface area contributed by atoms with Gasteiger partial charge in [0.15, 0.2) is 0 Å². The zero-order chi connectivity index (χ0) is 10.8. The number of nitrogens with two attached hydrogens (primary N) is 1. The molecular formula is C12H9ClFN. The molecule has 0 saturated heterocycles. The van der Waals surface area contributed by atoms with E-state index in [4.69, 9.17) is 17.3 Å². The van der Waals surface area contributed by atoms with E-state index in [9.17, 15) is 4.39 Å². The minimum absolute atomic E-state index is 0.244. The van der Waals surface area contributed by atoms with Crippen molar-refractivity contribution in [2.24, 2.45) is 0 Å². The third-order valence-corrected chi connectivity index (χ3v) is 2.49. The van der Waals surface area contributed by atoms with Crippen LogP contribution in [0.3, 0.4) is 0 Å². The van der Waals surface area contributed by atoms with Gasteiger partial charge in [-0.3, -0.25) is 0 Å². The first-order valence-electron chi connectivity index (χ1n) is 4.48. The van der Waals surface area contributed by atoms with Crippen LogP contribution in [0.2, 0.25) is 5.02 Å². The van der Waals surface area contributed by atoms with Gasteiger partial charge in [0.25, 0.3) is 0 Å². The Bertz CT molecular complexity index is 482. The summed E-state index contributed by atoms with van der Waals surface area (Å²) in [4.78, 5) is 0. The van der Waals surface area contributed by atoms with Crippen molar-refractivity contribution in [1.29, 1.82) is 0 Å². The SMILES string of the molecule is Nc1c(Cl)cc(F)cc1-c1ccccc1. The molecule has 76 valence electrons. The summed E-state index contributed by atoms with van der Waals surface area (Å²) in [5, 5.41) is 0.244. The van der Waals surface area contributed by atoms with Gasteiger partial charge in [-0.1, -0.05) is 41.9 Å². The van der Waals surface area contributed by atoms with Gasteiger partial charge in [0.05, 0.1) is 10.7 Å². The number of hydrogen-bond acceptors (Lipinski definition) is 1. The first-order valence-corrected chi connectivity index (χ1v) is 4.86. The first kappa shape index (κ1) is 9.99. The Hall–Kier alpha value is -1.54. The summed E-state index contributed by atoms with van der Waals surface area (Å²) in [5.74, 6) is -0.381. The van der Waals surface area contributed by atoms with Gasteiger partial charge in [0.2, 0.25) is 0 Å². The first-order chi connectivity index (χ1) is 7.18. The lowest BCUT2D eigenvalue weighted by Crippen LogP contribution is -1.92. The molecule has 15 heavy (non-hydrogen) atoms. The highest BCUT2D eigenvalue weighted by Gasteiger charge is 2.07. The van der Waals surface area contributed by atoms with Gasteiger partial charge in [-0.15, -0.1) is 0 Å². The van der Waals surface area contributed by atoms with Gasteiger partial charge in [0.1, 0.15) is 5.82 Å². The van der Waals surface area contributed by atoms with Gasteiger partial charge in [-0.2, -0.15) is 0 Å². The maximum Gasteiger partial charge on any atom is 0.125 e. The Kier molecular flexibility index (Phi) is 2.60. The van der Waals surface area contributed by atoms with Crippen molar-refractivity contribution in [3.05, 3.63) is 53.3 Å².